The summed E-state index contributed by atoms with van der Waals surface area (Å²) in [4.78, 5) is 29.3. The third-order valence-electron chi connectivity index (χ3n) is 5.00. The van der Waals surface area contributed by atoms with Gasteiger partial charge in [0.15, 0.2) is 0 Å². The minimum absolute atomic E-state index is 0.0197. The van der Waals surface area contributed by atoms with Gasteiger partial charge >= 0.3 is 0 Å². The minimum atomic E-state index is -0.358. The average Bonchev–Trinajstić information content (AvgIpc) is 2.74. The quantitative estimate of drug-likeness (QED) is 0.737. The van der Waals surface area contributed by atoms with Crippen LogP contribution < -0.4 is 10.6 Å². The maximum Gasteiger partial charge on any atom is 0.253 e. The van der Waals surface area contributed by atoms with E-state index in [1.54, 1.807) is 24.4 Å². The van der Waals surface area contributed by atoms with Crippen molar-refractivity contribution in [1.29, 1.82) is 0 Å². The largest absolute Gasteiger partial charge is 0.382 e. The number of carbonyl (C=O) groups is 1. The fraction of sp³-hybridized carbons (Fsp3) is 0.238. The van der Waals surface area contributed by atoms with Crippen LogP contribution in [-0.2, 0) is 0 Å². The van der Waals surface area contributed by atoms with Crippen LogP contribution in [0.4, 0.5) is 16.0 Å². The molecule has 3 heterocycles. The molecule has 1 amide bonds. The molecular weight excluding hydrogens is 371 g/mol. The first kappa shape index (κ1) is 18.8. The maximum atomic E-state index is 13.1. The summed E-state index contributed by atoms with van der Waals surface area (Å²) in [6.07, 6.45) is 4.34. The number of rotatable bonds is 3. The Morgan fingerprint density at radius 2 is 1.90 bits per heavy atom. The monoisotopic (exact) mass is 392 g/mol. The number of nitrogen functional groups attached to an aromatic ring is 1. The zero-order valence-corrected chi connectivity index (χ0v) is 16.0. The molecule has 3 aromatic rings. The Morgan fingerprint density at radius 3 is 2.55 bits per heavy atom. The number of anilines is 2. The molecule has 8 heteroatoms. The van der Waals surface area contributed by atoms with Crippen molar-refractivity contribution in [1.82, 2.24) is 19.9 Å². The van der Waals surface area contributed by atoms with Crippen LogP contribution in [0, 0.1) is 5.82 Å². The molecule has 29 heavy (non-hydrogen) atoms. The van der Waals surface area contributed by atoms with E-state index in [0.29, 0.717) is 36.7 Å². The summed E-state index contributed by atoms with van der Waals surface area (Å²) in [6, 6.07) is 10.4. The molecule has 0 saturated carbocycles. The van der Waals surface area contributed by atoms with E-state index < -0.39 is 0 Å². The third kappa shape index (κ3) is 4.01. The molecule has 1 aromatic carbocycles. The highest BCUT2D eigenvalue weighted by Gasteiger charge is 2.28. The second kappa shape index (κ2) is 7.83. The second-order valence-corrected chi connectivity index (χ2v) is 7.03. The summed E-state index contributed by atoms with van der Waals surface area (Å²) < 4.78 is 13.1. The molecular formula is C21H21FN6O. The number of pyridine rings is 1. The average molecular weight is 392 g/mol. The number of aromatic nitrogens is 3. The van der Waals surface area contributed by atoms with Gasteiger partial charge in [-0.2, -0.15) is 0 Å². The van der Waals surface area contributed by atoms with Gasteiger partial charge in [0, 0.05) is 36.8 Å². The molecule has 148 valence electrons. The summed E-state index contributed by atoms with van der Waals surface area (Å²) in [6.45, 7) is 3.82. The molecule has 1 fully saturated rings. The van der Waals surface area contributed by atoms with Crippen molar-refractivity contribution in [3.05, 3.63) is 66.4 Å². The molecule has 1 saturated heterocycles. The van der Waals surface area contributed by atoms with Crippen LogP contribution in [0.15, 0.2) is 55.0 Å². The predicted octanol–water partition coefficient (Wildman–Crippen LogP) is 2.61. The number of nitrogens with two attached hydrogens (primary N) is 1. The Morgan fingerprint density at radius 1 is 1.10 bits per heavy atom. The fourth-order valence-electron chi connectivity index (χ4n) is 3.51. The van der Waals surface area contributed by atoms with Gasteiger partial charge in [-0.05, 0) is 31.2 Å². The zero-order chi connectivity index (χ0) is 20.4. The number of hydrogen-bond donors (Lipinski definition) is 1. The van der Waals surface area contributed by atoms with Crippen LogP contribution in [0.25, 0.3) is 11.3 Å². The topological polar surface area (TPSA) is 88.2 Å². The summed E-state index contributed by atoms with van der Waals surface area (Å²) in [5, 5.41) is 0. The van der Waals surface area contributed by atoms with Crippen molar-refractivity contribution in [3.8, 4) is 11.3 Å². The van der Waals surface area contributed by atoms with Crippen LogP contribution in [0.5, 0.6) is 0 Å². The van der Waals surface area contributed by atoms with Gasteiger partial charge in [0.1, 0.15) is 17.5 Å². The van der Waals surface area contributed by atoms with Gasteiger partial charge in [0.05, 0.1) is 24.3 Å². The van der Waals surface area contributed by atoms with Crippen molar-refractivity contribution in [2.45, 2.75) is 13.0 Å². The standard InChI is InChI=1S/C21H21FN6O/c1-14-13-27(8-9-28(14)20-7-6-17(22)10-25-20)21(29)16-4-2-15(3-5-16)18-11-24-12-19(23)26-18/h2-7,10-12,14H,8-9,13H2,1H3,(H2,23,26). The first-order valence-electron chi connectivity index (χ1n) is 9.36. The molecule has 7 nitrogen and oxygen atoms in total. The van der Waals surface area contributed by atoms with E-state index in [0.717, 1.165) is 11.4 Å². The van der Waals surface area contributed by atoms with Gasteiger partial charge in [0.2, 0.25) is 0 Å². The van der Waals surface area contributed by atoms with Crippen LogP contribution in [0.1, 0.15) is 17.3 Å². The lowest BCUT2D eigenvalue weighted by molar-refractivity contribution is 0.0726. The first-order chi connectivity index (χ1) is 14.0. The Hall–Kier alpha value is -3.55. The summed E-state index contributed by atoms with van der Waals surface area (Å²) >= 11 is 0. The van der Waals surface area contributed by atoms with Gasteiger partial charge in [-0.3, -0.25) is 9.78 Å². The Balaban J connectivity index is 1.44. The number of halogens is 1. The van der Waals surface area contributed by atoms with Gasteiger partial charge in [-0.1, -0.05) is 12.1 Å². The molecule has 2 N–H and O–H groups in total. The molecule has 0 radical (unpaired) electrons. The smallest absolute Gasteiger partial charge is 0.253 e. The normalized spacial score (nSPS) is 16.7. The fourth-order valence-corrected chi connectivity index (χ4v) is 3.51. The molecule has 0 bridgehead atoms. The van der Waals surface area contributed by atoms with Crippen LogP contribution in [-0.4, -0.2) is 51.4 Å². The second-order valence-electron chi connectivity index (χ2n) is 7.03. The Labute approximate surface area is 168 Å². The number of carbonyl (C=O) groups excluding carboxylic acids is 1. The predicted molar refractivity (Wildman–Crippen MR) is 109 cm³/mol. The molecule has 4 rings (SSSR count). The van der Waals surface area contributed by atoms with E-state index >= 15 is 0 Å². The Kier molecular flexibility index (Phi) is 5.07. The lowest BCUT2D eigenvalue weighted by Crippen LogP contribution is -2.54. The molecule has 2 aromatic heterocycles. The van der Waals surface area contributed by atoms with E-state index in [1.165, 1.54) is 18.5 Å². The Bertz CT molecular complexity index is 1010. The third-order valence-corrected chi connectivity index (χ3v) is 5.00. The van der Waals surface area contributed by atoms with Crippen molar-refractivity contribution in [3.63, 3.8) is 0 Å². The van der Waals surface area contributed by atoms with E-state index in [1.807, 2.05) is 24.0 Å². The lowest BCUT2D eigenvalue weighted by atomic mass is 10.1. The highest BCUT2D eigenvalue weighted by Crippen LogP contribution is 2.21. The van der Waals surface area contributed by atoms with E-state index in [2.05, 4.69) is 19.9 Å². The van der Waals surface area contributed by atoms with Gasteiger partial charge in [-0.25, -0.2) is 14.4 Å². The number of hydrogen-bond acceptors (Lipinski definition) is 6. The van der Waals surface area contributed by atoms with Gasteiger partial charge in [-0.15, -0.1) is 0 Å². The van der Waals surface area contributed by atoms with Crippen LogP contribution in [0.2, 0.25) is 0 Å². The lowest BCUT2D eigenvalue weighted by Gasteiger charge is -2.40. The molecule has 1 atom stereocenters. The number of benzene rings is 1. The minimum Gasteiger partial charge on any atom is -0.382 e. The highest BCUT2D eigenvalue weighted by molar-refractivity contribution is 5.94. The van der Waals surface area contributed by atoms with E-state index in [4.69, 9.17) is 5.73 Å². The van der Waals surface area contributed by atoms with E-state index in [-0.39, 0.29) is 17.8 Å². The van der Waals surface area contributed by atoms with Crippen LogP contribution >= 0.6 is 0 Å². The maximum absolute atomic E-state index is 13.1. The van der Waals surface area contributed by atoms with Crippen molar-refractivity contribution >= 4 is 17.5 Å². The van der Waals surface area contributed by atoms with Crippen LogP contribution in [0.3, 0.4) is 0 Å². The van der Waals surface area contributed by atoms with Gasteiger partial charge in [0.25, 0.3) is 5.91 Å². The zero-order valence-electron chi connectivity index (χ0n) is 16.0. The number of amides is 1. The molecule has 1 aliphatic rings. The summed E-state index contributed by atoms with van der Waals surface area (Å²) in [5.74, 6) is 0.695. The molecule has 0 aliphatic carbocycles. The van der Waals surface area contributed by atoms with Crippen molar-refractivity contribution < 1.29 is 9.18 Å². The molecule has 1 aliphatic heterocycles. The van der Waals surface area contributed by atoms with Gasteiger partial charge < -0.3 is 15.5 Å². The summed E-state index contributed by atoms with van der Waals surface area (Å²) in [5.41, 5.74) is 7.81. The molecule has 0 spiro atoms. The van der Waals surface area contributed by atoms with E-state index in [9.17, 15) is 9.18 Å². The number of piperazine rings is 1. The number of nitrogens with zero attached hydrogens (tertiary/aromatic N) is 5. The SMILES string of the molecule is CC1CN(C(=O)c2ccc(-c3cncc(N)n3)cc2)CCN1c1ccc(F)cn1. The molecule has 1 unspecified atom stereocenters. The highest BCUT2D eigenvalue weighted by atomic mass is 19.1. The summed E-state index contributed by atoms with van der Waals surface area (Å²) in [7, 11) is 0. The van der Waals surface area contributed by atoms with Crippen molar-refractivity contribution in [2.75, 3.05) is 30.3 Å². The van der Waals surface area contributed by atoms with Crippen molar-refractivity contribution in [2.24, 2.45) is 0 Å². The first-order valence-corrected chi connectivity index (χ1v) is 9.36.